The van der Waals surface area contributed by atoms with Gasteiger partial charge in [0.15, 0.2) is 0 Å². The number of ether oxygens (including phenoxy) is 1. The number of morpholine rings is 1. The lowest BCUT2D eigenvalue weighted by Crippen LogP contribution is -2.51. The number of aryl methyl sites for hydroxylation is 2. The lowest BCUT2D eigenvalue weighted by Gasteiger charge is -2.35. The van der Waals surface area contributed by atoms with Crippen LogP contribution in [-0.2, 0) is 29.7 Å². The first-order valence-corrected chi connectivity index (χ1v) is 11.8. The zero-order valence-corrected chi connectivity index (χ0v) is 20.4. The fraction of sp³-hybridized carbons (Fsp3) is 0.500. The van der Waals surface area contributed by atoms with Crippen LogP contribution >= 0.6 is 0 Å². The Hall–Kier alpha value is -2.77. The molecular formula is C26H35N5O2. The van der Waals surface area contributed by atoms with Gasteiger partial charge in [-0.2, -0.15) is 5.10 Å². The van der Waals surface area contributed by atoms with Crippen LogP contribution in [0.3, 0.4) is 0 Å². The van der Waals surface area contributed by atoms with E-state index in [9.17, 15) is 4.79 Å². The van der Waals surface area contributed by atoms with Crippen LogP contribution in [-0.4, -0.2) is 62.8 Å². The SMILES string of the molecule is Cc1nn(C)c(C)c1CN1CCOC(C(=O)N(Cc2ccc3ncccc3c2)CC(C)C)C1. The fourth-order valence-corrected chi connectivity index (χ4v) is 4.59. The molecular weight excluding hydrogens is 414 g/mol. The van der Waals surface area contributed by atoms with Crippen LogP contribution in [0.25, 0.3) is 10.9 Å². The number of amides is 1. The smallest absolute Gasteiger partial charge is 0.253 e. The Balaban J connectivity index is 1.48. The number of hydrogen-bond acceptors (Lipinski definition) is 5. The van der Waals surface area contributed by atoms with E-state index in [-0.39, 0.29) is 5.91 Å². The van der Waals surface area contributed by atoms with E-state index in [1.807, 2.05) is 28.8 Å². The largest absolute Gasteiger partial charge is 0.366 e. The Morgan fingerprint density at radius 1 is 1.27 bits per heavy atom. The Morgan fingerprint density at radius 3 is 2.82 bits per heavy atom. The molecule has 7 heteroatoms. The van der Waals surface area contributed by atoms with Crippen LogP contribution < -0.4 is 0 Å². The Labute approximate surface area is 196 Å². The Kier molecular flexibility index (Phi) is 7.10. The molecule has 3 heterocycles. The number of carbonyl (C=O) groups excluding carboxylic acids is 1. The van der Waals surface area contributed by atoms with Crippen molar-refractivity contribution in [2.24, 2.45) is 13.0 Å². The number of nitrogens with zero attached hydrogens (tertiary/aromatic N) is 5. The molecule has 1 aliphatic heterocycles. The summed E-state index contributed by atoms with van der Waals surface area (Å²) in [5.41, 5.74) is 5.55. The van der Waals surface area contributed by atoms with Gasteiger partial charge in [-0.05, 0) is 43.5 Å². The minimum atomic E-state index is -0.447. The molecule has 1 amide bonds. The van der Waals surface area contributed by atoms with Crippen molar-refractivity contribution < 1.29 is 9.53 Å². The summed E-state index contributed by atoms with van der Waals surface area (Å²) in [7, 11) is 1.98. The van der Waals surface area contributed by atoms with Gasteiger partial charge in [-0.3, -0.25) is 19.4 Å². The van der Waals surface area contributed by atoms with Gasteiger partial charge in [-0.25, -0.2) is 0 Å². The minimum absolute atomic E-state index is 0.0688. The Bertz CT molecular complexity index is 1120. The first-order chi connectivity index (χ1) is 15.8. The third kappa shape index (κ3) is 5.42. The number of rotatable bonds is 7. The van der Waals surface area contributed by atoms with Gasteiger partial charge >= 0.3 is 0 Å². The normalized spacial score (nSPS) is 17.1. The summed E-state index contributed by atoms with van der Waals surface area (Å²) in [6.45, 7) is 12.5. The highest BCUT2D eigenvalue weighted by molar-refractivity contribution is 5.82. The molecule has 1 fully saturated rings. The molecule has 2 aromatic heterocycles. The third-order valence-corrected chi connectivity index (χ3v) is 6.40. The zero-order chi connectivity index (χ0) is 23.5. The van der Waals surface area contributed by atoms with Crippen molar-refractivity contribution in [3.63, 3.8) is 0 Å². The summed E-state index contributed by atoms with van der Waals surface area (Å²) in [6, 6.07) is 10.2. The molecule has 33 heavy (non-hydrogen) atoms. The number of hydrogen-bond donors (Lipinski definition) is 0. The second-order valence-corrected chi connectivity index (χ2v) is 9.51. The van der Waals surface area contributed by atoms with Gasteiger partial charge in [0.25, 0.3) is 5.91 Å². The molecule has 1 saturated heterocycles. The quantitative estimate of drug-likeness (QED) is 0.553. The highest BCUT2D eigenvalue weighted by Gasteiger charge is 2.31. The second kappa shape index (κ2) is 10.0. The molecule has 0 bridgehead atoms. The van der Waals surface area contributed by atoms with Gasteiger partial charge in [-0.15, -0.1) is 0 Å². The molecule has 0 spiro atoms. The highest BCUT2D eigenvalue weighted by atomic mass is 16.5. The molecule has 0 radical (unpaired) electrons. The lowest BCUT2D eigenvalue weighted by molar-refractivity contribution is -0.151. The summed E-state index contributed by atoms with van der Waals surface area (Å²) >= 11 is 0. The summed E-state index contributed by atoms with van der Waals surface area (Å²) < 4.78 is 7.91. The fourth-order valence-electron chi connectivity index (χ4n) is 4.59. The number of pyridine rings is 1. The number of fused-ring (bicyclic) bond motifs is 1. The van der Waals surface area contributed by atoms with Gasteiger partial charge < -0.3 is 9.64 Å². The first-order valence-electron chi connectivity index (χ1n) is 11.8. The van der Waals surface area contributed by atoms with E-state index in [2.05, 4.69) is 60.9 Å². The van der Waals surface area contributed by atoms with E-state index in [1.165, 1.54) is 11.3 Å². The maximum atomic E-state index is 13.6. The molecule has 1 aliphatic rings. The van der Waals surface area contributed by atoms with Crippen molar-refractivity contribution in [2.75, 3.05) is 26.2 Å². The molecule has 1 aromatic carbocycles. The number of carbonyl (C=O) groups is 1. The molecule has 3 aromatic rings. The summed E-state index contributed by atoms with van der Waals surface area (Å²) in [4.78, 5) is 22.3. The van der Waals surface area contributed by atoms with Crippen LogP contribution in [0, 0.1) is 19.8 Å². The van der Waals surface area contributed by atoms with E-state index in [0.29, 0.717) is 32.2 Å². The van der Waals surface area contributed by atoms with Crippen LogP contribution in [0.2, 0.25) is 0 Å². The van der Waals surface area contributed by atoms with E-state index >= 15 is 0 Å². The topological polar surface area (TPSA) is 63.5 Å². The maximum Gasteiger partial charge on any atom is 0.253 e. The predicted molar refractivity (Wildman–Crippen MR) is 130 cm³/mol. The van der Waals surface area contributed by atoms with Crippen LogP contribution in [0.5, 0.6) is 0 Å². The molecule has 176 valence electrons. The lowest BCUT2D eigenvalue weighted by atomic mass is 10.1. The average molecular weight is 450 g/mol. The van der Waals surface area contributed by atoms with Crippen molar-refractivity contribution >= 4 is 16.8 Å². The number of benzene rings is 1. The van der Waals surface area contributed by atoms with Crippen LogP contribution in [0.15, 0.2) is 36.5 Å². The Morgan fingerprint density at radius 2 is 2.09 bits per heavy atom. The van der Waals surface area contributed by atoms with Crippen molar-refractivity contribution in [3.8, 4) is 0 Å². The van der Waals surface area contributed by atoms with E-state index in [0.717, 1.165) is 35.2 Å². The van der Waals surface area contributed by atoms with Crippen molar-refractivity contribution in [3.05, 3.63) is 59.0 Å². The van der Waals surface area contributed by atoms with Crippen molar-refractivity contribution in [2.45, 2.75) is 46.9 Å². The van der Waals surface area contributed by atoms with Crippen LogP contribution in [0.4, 0.5) is 0 Å². The van der Waals surface area contributed by atoms with E-state index in [1.54, 1.807) is 6.20 Å². The molecule has 0 saturated carbocycles. The standard InChI is InChI=1S/C26H35N5O2/c1-18(2)14-31(15-21-8-9-24-22(13-21)7-6-10-27-24)26(32)25-17-30(11-12-33-25)16-23-19(3)28-29(5)20(23)4/h6-10,13,18,25H,11-12,14-17H2,1-5H3. The van der Waals surface area contributed by atoms with Crippen molar-refractivity contribution in [1.29, 1.82) is 0 Å². The molecule has 4 rings (SSSR count). The van der Waals surface area contributed by atoms with Gasteiger partial charge in [0.05, 0.1) is 17.8 Å². The van der Waals surface area contributed by atoms with Crippen LogP contribution in [0.1, 0.15) is 36.4 Å². The number of aromatic nitrogens is 3. The predicted octanol–water partition coefficient (Wildman–Crippen LogP) is 3.47. The van der Waals surface area contributed by atoms with Gasteiger partial charge in [0, 0.05) is 62.6 Å². The second-order valence-electron chi connectivity index (χ2n) is 9.51. The zero-order valence-electron chi connectivity index (χ0n) is 20.4. The summed E-state index contributed by atoms with van der Waals surface area (Å²) in [6.07, 6.45) is 1.36. The summed E-state index contributed by atoms with van der Waals surface area (Å²) in [5.74, 6) is 0.441. The van der Waals surface area contributed by atoms with Crippen molar-refractivity contribution in [1.82, 2.24) is 24.6 Å². The maximum absolute atomic E-state index is 13.6. The average Bonchev–Trinajstić information content (AvgIpc) is 3.04. The molecule has 1 unspecified atom stereocenters. The summed E-state index contributed by atoms with van der Waals surface area (Å²) in [5, 5.41) is 5.63. The van der Waals surface area contributed by atoms with Gasteiger partial charge in [0.1, 0.15) is 6.10 Å². The van der Waals surface area contributed by atoms with E-state index in [4.69, 9.17) is 4.74 Å². The van der Waals surface area contributed by atoms with E-state index < -0.39 is 6.10 Å². The molecule has 1 atom stereocenters. The first kappa shape index (κ1) is 23.4. The molecule has 0 aliphatic carbocycles. The third-order valence-electron chi connectivity index (χ3n) is 6.40. The van der Waals surface area contributed by atoms with Gasteiger partial charge in [0.2, 0.25) is 0 Å². The monoisotopic (exact) mass is 449 g/mol. The van der Waals surface area contributed by atoms with Gasteiger partial charge in [-0.1, -0.05) is 26.0 Å². The highest BCUT2D eigenvalue weighted by Crippen LogP contribution is 2.20. The molecule has 0 N–H and O–H groups in total. The molecule has 7 nitrogen and oxygen atoms in total. The minimum Gasteiger partial charge on any atom is -0.366 e.